The van der Waals surface area contributed by atoms with E-state index in [4.69, 9.17) is 5.11 Å². The summed E-state index contributed by atoms with van der Waals surface area (Å²) >= 11 is 0. The van der Waals surface area contributed by atoms with Gasteiger partial charge in [0.1, 0.15) is 0 Å². The van der Waals surface area contributed by atoms with E-state index in [0.29, 0.717) is 12.1 Å². The molecule has 1 aliphatic heterocycles. The lowest BCUT2D eigenvalue weighted by atomic mass is 9.94. The number of non-ortho nitro benzene ring substituents is 1. The number of nitrogens with zero attached hydrogens (tertiary/aromatic N) is 4. The van der Waals surface area contributed by atoms with Gasteiger partial charge in [-0.15, -0.1) is 0 Å². The molecule has 0 bridgehead atoms. The minimum atomic E-state index is -1.21. The summed E-state index contributed by atoms with van der Waals surface area (Å²) in [5, 5.41) is 40.2. The number of hydrogen-bond acceptors (Lipinski definition) is 8. The van der Waals surface area contributed by atoms with Crippen LogP contribution in [0, 0.1) is 30.3 Å². The Morgan fingerprint density at radius 3 is 1.97 bits per heavy atom. The normalized spacial score (nSPS) is 11.9. The van der Waals surface area contributed by atoms with Gasteiger partial charge in [0.05, 0.1) is 26.9 Å². The molecule has 0 aromatic heterocycles. The van der Waals surface area contributed by atoms with Crippen LogP contribution in [0.2, 0.25) is 0 Å². The third-order valence-electron chi connectivity index (χ3n) is 4.89. The van der Waals surface area contributed by atoms with Crippen LogP contribution >= 0.6 is 0 Å². The highest BCUT2D eigenvalue weighted by molar-refractivity contribution is 6.03. The Bertz CT molecular complexity index is 1210. The maximum atomic E-state index is 10.4. The second-order valence-electron chi connectivity index (χ2n) is 7.00. The largest absolute Gasteiger partial charge is 0.497 e. The molecule has 0 fully saturated rings. The first-order valence-corrected chi connectivity index (χ1v) is 9.73. The van der Waals surface area contributed by atoms with E-state index in [-0.39, 0.29) is 0 Å². The lowest BCUT2D eigenvalue weighted by molar-refractivity contribution is -0.404. The van der Waals surface area contributed by atoms with Gasteiger partial charge in [-0.1, -0.05) is 54.6 Å². The van der Waals surface area contributed by atoms with E-state index in [1.165, 1.54) is 22.4 Å². The molecule has 0 unspecified atom stereocenters. The molecule has 0 spiro atoms. The van der Waals surface area contributed by atoms with Crippen LogP contribution in [0.4, 0.5) is 17.1 Å². The number of nitro groups is 3. The average molecular weight is 450 g/mol. The van der Waals surface area contributed by atoms with E-state index < -0.39 is 37.6 Å². The summed E-state index contributed by atoms with van der Waals surface area (Å²) < 4.78 is 0. The Kier molecular flexibility index (Phi) is 7.03. The van der Waals surface area contributed by atoms with E-state index in [0.717, 1.165) is 19.4 Å². The minimum Gasteiger partial charge on any atom is -0.497 e. The predicted octanol–water partition coefficient (Wildman–Crippen LogP) is 4.39. The van der Waals surface area contributed by atoms with Gasteiger partial charge < -0.3 is 5.11 Å². The van der Waals surface area contributed by atoms with E-state index in [1.807, 2.05) is 0 Å². The monoisotopic (exact) mass is 450 g/mol. The zero-order chi connectivity index (χ0) is 24.0. The van der Waals surface area contributed by atoms with Crippen molar-refractivity contribution in [2.45, 2.75) is 12.8 Å². The summed E-state index contributed by atoms with van der Waals surface area (Å²) in [5.74, 6) is -1.21. The lowest BCUT2D eigenvalue weighted by Gasteiger charge is -2.16. The SMILES string of the molecule is O=[N+]([O-])c1cc([N+](=O)[O-])c(O)c([N+](=O)[O-])c1.c1ccc(CC2=NCCc3ccccc32)cc1. The number of fused-ring (bicyclic) bond motifs is 1. The fraction of sp³-hybridized carbons (Fsp3) is 0.136. The highest BCUT2D eigenvalue weighted by Crippen LogP contribution is 2.38. The van der Waals surface area contributed by atoms with Crippen molar-refractivity contribution in [1.29, 1.82) is 0 Å². The number of aliphatic imine (C=N–C) groups is 1. The van der Waals surface area contributed by atoms with E-state index in [2.05, 4.69) is 59.6 Å². The van der Waals surface area contributed by atoms with Gasteiger partial charge in [-0.2, -0.15) is 0 Å². The van der Waals surface area contributed by atoms with Crippen LogP contribution < -0.4 is 0 Å². The number of phenolic OH excluding ortho intramolecular Hbond substituents is 1. The zero-order valence-electron chi connectivity index (χ0n) is 17.2. The van der Waals surface area contributed by atoms with Gasteiger partial charge in [0.25, 0.3) is 11.4 Å². The van der Waals surface area contributed by atoms with Crippen molar-refractivity contribution in [2.75, 3.05) is 6.54 Å². The summed E-state index contributed by atoms with van der Waals surface area (Å²) in [7, 11) is 0. The van der Waals surface area contributed by atoms with Crippen molar-refractivity contribution in [3.05, 3.63) is 114 Å². The molecule has 168 valence electrons. The topological polar surface area (TPSA) is 162 Å². The standard InChI is InChI=1S/C16H15N.C6H3N3O7/c1-2-6-13(7-3-1)12-16-15-9-5-4-8-14(15)10-11-17-16;10-6-4(8(13)14)1-3(7(11)12)2-5(6)9(15)16/h1-9H,10-12H2;1-2,10H. The summed E-state index contributed by atoms with van der Waals surface area (Å²) in [6, 6.07) is 20.1. The summed E-state index contributed by atoms with van der Waals surface area (Å²) in [5.41, 5.74) is 2.34. The fourth-order valence-corrected chi connectivity index (χ4v) is 3.33. The molecule has 0 aliphatic carbocycles. The number of nitro benzene ring substituents is 3. The second kappa shape index (κ2) is 10.1. The number of phenols is 1. The number of rotatable bonds is 5. The lowest BCUT2D eigenvalue weighted by Crippen LogP contribution is -2.14. The molecule has 33 heavy (non-hydrogen) atoms. The first-order valence-electron chi connectivity index (χ1n) is 9.73. The quantitative estimate of drug-likeness (QED) is 0.445. The molecule has 0 atom stereocenters. The molecule has 0 amide bonds. The number of aromatic hydroxyl groups is 1. The zero-order valence-corrected chi connectivity index (χ0v) is 17.2. The maximum absolute atomic E-state index is 10.4. The van der Waals surface area contributed by atoms with Crippen molar-refractivity contribution in [3.63, 3.8) is 0 Å². The molecular formula is C22H18N4O7. The Morgan fingerprint density at radius 1 is 0.818 bits per heavy atom. The predicted molar refractivity (Wildman–Crippen MR) is 120 cm³/mol. The maximum Gasteiger partial charge on any atom is 0.324 e. The average Bonchev–Trinajstić information content (AvgIpc) is 2.80. The van der Waals surface area contributed by atoms with Crippen molar-refractivity contribution in [2.24, 2.45) is 4.99 Å². The summed E-state index contributed by atoms with van der Waals surface area (Å²) in [6.07, 6.45) is 2.02. The van der Waals surface area contributed by atoms with E-state index in [1.54, 1.807) is 0 Å². The second-order valence-corrected chi connectivity index (χ2v) is 7.00. The van der Waals surface area contributed by atoms with Gasteiger partial charge in [-0.05, 0) is 23.1 Å². The smallest absolute Gasteiger partial charge is 0.324 e. The van der Waals surface area contributed by atoms with Crippen molar-refractivity contribution in [3.8, 4) is 5.75 Å². The van der Waals surface area contributed by atoms with Crippen molar-refractivity contribution < 1.29 is 19.9 Å². The van der Waals surface area contributed by atoms with E-state index in [9.17, 15) is 30.3 Å². The van der Waals surface area contributed by atoms with Gasteiger partial charge in [0, 0.05) is 18.7 Å². The van der Waals surface area contributed by atoms with Crippen LogP contribution in [0.15, 0.2) is 71.7 Å². The molecule has 11 heteroatoms. The van der Waals surface area contributed by atoms with Gasteiger partial charge in [-0.3, -0.25) is 35.3 Å². The summed E-state index contributed by atoms with van der Waals surface area (Å²) in [4.78, 5) is 32.5. The van der Waals surface area contributed by atoms with Crippen LogP contribution in [0.3, 0.4) is 0 Å². The molecule has 1 N–H and O–H groups in total. The van der Waals surface area contributed by atoms with Crippen LogP contribution in [-0.2, 0) is 12.8 Å². The molecule has 4 rings (SSSR count). The van der Waals surface area contributed by atoms with Crippen LogP contribution in [0.5, 0.6) is 5.75 Å². The van der Waals surface area contributed by atoms with Gasteiger partial charge in [0.15, 0.2) is 0 Å². The minimum absolute atomic E-state index is 0.447. The fourth-order valence-electron chi connectivity index (χ4n) is 3.33. The Labute approximate surface area is 187 Å². The highest BCUT2D eigenvalue weighted by atomic mass is 16.6. The first-order chi connectivity index (χ1) is 15.8. The molecule has 1 heterocycles. The highest BCUT2D eigenvalue weighted by Gasteiger charge is 2.30. The van der Waals surface area contributed by atoms with Crippen LogP contribution in [-0.4, -0.2) is 32.1 Å². The van der Waals surface area contributed by atoms with Crippen molar-refractivity contribution >= 4 is 22.8 Å². The van der Waals surface area contributed by atoms with Gasteiger partial charge in [0.2, 0.25) is 0 Å². The van der Waals surface area contributed by atoms with Crippen LogP contribution in [0.25, 0.3) is 0 Å². The molecule has 0 radical (unpaired) electrons. The molecule has 1 aliphatic rings. The third-order valence-corrected chi connectivity index (χ3v) is 4.89. The first kappa shape index (κ1) is 23.0. The molecule has 3 aromatic carbocycles. The Morgan fingerprint density at radius 2 is 1.39 bits per heavy atom. The number of benzene rings is 3. The van der Waals surface area contributed by atoms with E-state index >= 15 is 0 Å². The van der Waals surface area contributed by atoms with Crippen LogP contribution in [0.1, 0.15) is 16.7 Å². The molecule has 3 aromatic rings. The Balaban J connectivity index is 0.000000186. The summed E-state index contributed by atoms with van der Waals surface area (Å²) in [6.45, 7) is 0.930. The third kappa shape index (κ3) is 5.53. The molecular weight excluding hydrogens is 432 g/mol. The molecule has 0 saturated carbocycles. The van der Waals surface area contributed by atoms with Gasteiger partial charge >= 0.3 is 11.4 Å². The Hall–Kier alpha value is -4.67. The van der Waals surface area contributed by atoms with Gasteiger partial charge in [-0.25, -0.2) is 0 Å². The molecule has 11 nitrogen and oxygen atoms in total. The van der Waals surface area contributed by atoms with Crippen molar-refractivity contribution in [1.82, 2.24) is 0 Å². The molecule has 0 saturated heterocycles. The number of hydrogen-bond donors (Lipinski definition) is 1.